The van der Waals surface area contributed by atoms with Crippen molar-refractivity contribution in [2.45, 2.75) is 36.8 Å². The molecule has 0 fully saturated rings. The highest BCUT2D eigenvalue weighted by Crippen LogP contribution is 2.27. The van der Waals surface area contributed by atoms with Gasteiger partial charge in [-0.2, -0.15) is 0 Å². The number of hydrogen-bond acceptors (Lipinski definition) is 4. The first kappa shape index (κ1) is 20.8. The molecule has 0 saturated heterocycles. The van der Waals surface area contributed by atoms with E-state index in [1.807, 2.05) is 48.7 Å². The Labute approximate surface area is 174 Å². The molecule has 5 nitrogen and oxygen atoms in total. The number of rotatable bonds is 8. The molecule has 2 atom stereocenters. The normalized spacial score (nSPS) is 12.9. The largest absolute Gasteiger partial charge is 0.349 e. The lowest BCUT2D eigenvalue weighted by Gasteiger charge is -2.18. The van der Waals surface area contributed by atoms with Crippen molar-refractivity contribution in [3.63, 3.8) is 0 Å². The van der Waals surface area contributed by atoms with Gasteiger partial charge >= 0.3 is 0 Å². The monoisotopic (exact) mass is 410 g/mol. The molecule has 0 bridgehead atoms. The van der Waals surface area contributed by atoms with Gasteiger partial charge in [-0.1, -0.05) is 60.3 Å². The zero-order valence-corrected chi connectivity index (χ0v) is 17.2. The SMILES string of the molecule is C=CCn1c(S[C@H](C)C(=O)N[C@H](C)c2ccc(F)cc2)nnc1-c1ccccc1. The van der Waals surface area contributed by atoms with Crippen molar-refractivity contribution in [3.05, 3.63) is 78.6 Å². The fourth-order valence-electron chi connectivity index (χ4n) is 2.85. The van der Waals surface area contributed by atoms with Gasteiger partial charge in [0.15, 0.2) is 11.0 Å². The zero-order chi connectivity index (χ0) is 20.8. The van der Waals surface area contributed by atoms with Crippen LogP contribution in [0.4, 0.5) is 4.39 Å². The smallest absolute Gasteiger partial charge is 0.233 e. The Balaban J connectivity index is 1.71. The number of carbonyl (C=O) groups excluding carboxylic acids is 1. The molecule has 0 spiro atoms. The second-order valence-electron chi connectivity index (χ2n) is 6.61. The summed E-state index contributed by atoms with van der Waals surface area (Å²) in [6.07, 6.45) is 1.78. The summed E-state index contributed by atoms with van der Waals surface area (Å²) in [6.45, 7) is 8.05. The van der Waals surface area contributed by atoms with Crippen LogP contribution in [0.5, 0.6) is 0 Å². The van der Waals surface area contributed by atoms with E-state index in [4.69, 9.17) is 0 Å². The summed E-state index contributed by atoms with van der Waals surface area (Å²) in [5, 5.41) is 11.8. The summed E-state index contributed by atoms with van der Waals surface area (Å²) in [5.74, 6) is 0.313. The average Bonchev–Trinajstić information content (AvgIpc) is 3.11. The Bertz CT molecular complexity index is 972. The Morgan fingerprint density at radius 3 is 2.52 bits per heavy atom. The van der Waals surface area contributed by atoms with Crippen molar-refractivity contribution < 1.29 is 9.18 Å². The number of nitrogens with one attached hydrogen (secondary N) is 1. The Kier molecular flexibility index (Phi) is 6.82. The quantitative estimate of drug-likeness (QED) is 0.435. The average molecular weight is 411 g/mol. The number of thioether (sulfide) groups is 1. The Morgan fingerprint density at radius 2 is 1.86 bits per heavy atom. The third-order valence-corrected chi connectivity index (χ3v) is 5.52. The summed E-state index contributed by atoms with van der Waals surface area (Å²) < 4.78 is 15.0. The van der Waals surface area contributed by atoms with Gasteiger partial charge in [0.05, 0.1) is 11.3 Å². The zero-order valence-electron chi connectivity index (χ0n) is 16.4. The van der Waals surface area contributed by atoms with Crippen molar-refractivity contribution in [2.24, 2.45) is 0 Å². The van der Waals surface area contributed by atoms with Crippen LogP contribution >= 0.6 is 11.8 Å². The molecule has 0 aliphatic heterocycles. The van der Waals surface area contributed by atoms with E-state index in [-0.39, 0.29) is 23.0 Å². The maximum Gasteiger partial charge on any atom is 0.233 e. The van der Waals surface area contributed by atoms with Gasteiger partial charge in [-0.05, 0) is 31.5 Å². The maximum absolute atomic E-state index is 13.1. The van der Waals surface area contributed by atoms with Crippen LogP contribution in [0.1, 0.15) is 25.5 Å². The number of allylic oxidation sites excluding steroid dienone is 1. The number of hydrogen-bond donors (Lipinski definition) is 1. The van der Waals surface area contributed by atoms with Gasteiger partial charge in [0.1, 0.15) is 5.82 Å². The van der Waals surface area contributed by atoms with Crippen LogP contribution in [0.2, 0.25) is 0 Å². The molecule has 1 N–H and O–H groups in total. The van der Waals surface area contributed by atoms with Crippen LogP contribution in [-0.4, -0.2) is 25.9 Å². The molecule has 0 saturated carbocycles. The minimum atomic E-state index is -0.380. The topological polar surface area (TPSA) is 59.8 Å². The van der Waals surface area contributed by atoms with Gasteiger partial charge in [0.25, 0.3) is 0 Å². The Hall–Kier alpha value is -2.93. The van der Waals surface area contributed by atoms with Crippen LogP contribution in [-0.2, 0) is 11.3 Å². The highest BCUT2D eigenvalue weighted by molar-refractivity contribution is 8.00. The van der Waals surface area contributed by atoms with E-state index in [1.165, 1.54) is 23.9 Å². The van der Waals surface area contributed by atoms with Crippen LogP contribution in [0, 0.1) is 5.82 Å². The number of halogens is 1. The van der Waals surface area contributed by atoms with Crippen LogP contribution in [0.25, 0.3) is 11.4 Å². The highest BCUT2D eigenvalue weighted by Gasteiger charge is 2.22. The molecule has 2 aromatic carbocycles. The first-order chi connectivity index (χ1) is 14.0. The molecule has 0 radical (unpaired) electrons. The highest BCUT2D eigenvalue weighted by atomic mass is 32.2. The molecular weight excluding hydrogens is 387 g/mol. The summed E-state index contributed by atoms with van der Waals surface area (Å²) in [6, 6.07) is 15.7. The fourth-order valence-corrected chi connectivity index (χ4v) is 3.72. The predicted octanol–water partition coefficient (Wildman–Crippen LogP) is 4.63. The van der Waals surface area contributed by atoms with Gasteiger partial charge in [-0.15, -0.1) is 16.8 Å². The lowest BCUT2D eigenvalue weighted by atomic mass is 10.1. The summed E-state index contributed by atoms with van der Waals surface area (Å²) in [7, 11) is 0. The molecule has 150 valence electrons. The third-order valence-electron chi connectivity index (χ3n) is 4.44. The molecular formula is C22H23FN4OS. The van der Waals surface area contributed by atoms with Gasteiger partial charge in [-0.25, -0.2) is 4.39 Å². The van der Waals surface area contributed by atoms with Crippen LogP contribution < -0.4 is 5.32 Å². The van der Waals surface area contributed by atoms with Gasteiger partial charge in [0.2, 0.25) is 5.91 Å². The second kappa shape index (κ2) is 9.52. The fraction of sp³-hybridized carbons (Fsp3) is 0.227. The van der Waals surface area contributed by atoms with Gasteiger partial charge in [-0.3, -0.25) is 9.36 Å². The van der Waals surface area contributed by atoms with Crippen molar-refractivity contribution in [3.8, 4) is 11.4 Å². The number of benzene rings is 2. The minimum absolute atomic E-state index is 0.124. The second-order valence-corrected chi connectivity index (χ2v) is 7.92. The van der Waals surface area contributed by atoms with E-state index >= 15 is 0 Å². The van der Waals surface area contributed by atoms with Crippen molar-refractivity contribution in [1.29, 1.82) is 0 Å². The molecule has 1 aromatic heterocycles. The molecule has 1 amide bonds. The van der Waals surface area contributed by atoms with Crippen molar-refractivity contribution in [2.75, 3.05) is 0 Å². The minimum Gasteiger partial charge on any atom is -0.349 e. The van der Waals surface area contributed by atoms with Crippen molar-refractivity contribution in [1.82, 2.24) is 20.1 Å². The van der Waals surface area contributed by atoms with E-state index in [2.05, 4.69) is 22.1 Å². The van der Waals surface area contributed by atoms with E-state index in [0.29, 0.717) is 11.7 Å². The standard InChI is InChI=1S/C22H23FN4OS/c1-4-14-27-20(18-8-6-5-7-9-18)25-26-22(27)29-16(3)21(28)24-15(2)17-10-12-19(23)13-11-17/h4-13,15-16H,1,14H2,2-3H3,(H,24,28)/t15-,16-/m1/s1. The maximum atomic E-state index is 13.1. The van der Waals surface area contributed by atoms with Crippen molar-refractivity contribution >= 4 is 17.7 Å². The lowest BCUT2D eigenvalue weighted by molar-refractivity contribution is -0.120. The number of aromatic nitrogens is 3. The number of nitrogens with zero attached hydrogens (tertiary/aromatic N) is 3. The lowest BCUT2D eigenvalue weighted by Crippen LogP contribution is -2.33. The first-order valence-corrected chi connectivity index (χ1v) is 10.2. The molecule has 29 heavy (non-hydrogen) atoms. The van der Waals surface area contributed by atoms with Gasteiger partial charge in [0, 0.05) is 12.1 Å². The predicted molar refractivity (Wildman–Crippen MR) is 114 cm³/mol. The van der Waals surface area contributed by atoms with E-state index in [0.717, 1.165) is 17.0 Å². The molecule has 7 heteroatoms. The molecule has 0 unspecified atom stereocenters. The third kappa shape index (κ3) is 5.12. The first-order valence-electron chi connectivity index (χ1n) is 9.31. The van der Waals surface area contributed by atoms with Gasteiger partial charge < -0.3 is 5.32 Å². The molecule has 0 aliphatic rings. The molecule has 3 rings (SSSR count). The number of amides is 1. The molecule has 1 heterocycles. The van der Waals surface area contributed by atoms with E-state index in [9.17, 15) is 9.18 Å². The van der Waals surface area contributed by atoms with E-state index in [1.54, 1.807) is 18.2 Å². The molecule has 3 aromatic rings. The molecule has 0 aliphatic carbocycles. The van der Waals surface area contributed by atoms with E-state index < -0.39 is 0 Å². The summed E-state index contributed by atoms with van der Waals surface area (Å²) >= 11 is 1.34. The van der Waals surface area contributed by atoms with Crippen LogP contribution in [0.3, 0.4) is 0 Å². The summed E-state index contributed by atoms with van der Waals surface area (Å²) in [4.78, 5) is 12.7. The number of carbonyl (C=O) groups is 1. The van der Waals surface area contributed by atoms with Crippen LogP contribution in [0.15, 0.2) is 72.4 Å². The summed E-state index contributed by atoms with van der Waals surface area (Å²) in [5.41, 5.74) is 1.80. The Morgan fingerprint density at radius 1 is 1.17 bits per heavy atom.